The number of hydrogen-bond donors (Lipinski definition) is 1. The van der Waals surface area contributed by atoms with Crippen molar-refractivity contribution in [1.82, 2.24) is 9.79 Å². The molecule has 1 heterocycles. The van der Waals surface area contributed by atoms with Crippen LogP contribution in [0.25, 0.3) is 0 Å². The molecule has 0 spiro atoms. The van der Waals surface area contributed by atoms with Gasteiger partial charge in [0.25, 0.3) is 7.41 Å². The lowest BCUT2D eigenvalue weighted by atomic mass is 9.86. The Bertz CT molecular complexity index is 495. The molecule has 1 radical (unpaired) electrons. The average molecular weight is 325 g/mol. The second-order valence-electron chi connectivity index (χ2n) is 5.32. The molecule has 22 heavy (non-hydrogen) atoms. The van der Waals surface area contributed by atoms with Gasteiger partial charge in [0.1, 0.15) is 11.1 Å². The molecular weight excluding hydrogens is 303 g/mol. The van der Waals surface area contributed by atoms with Crippen molar-refractivity contribution in [2.45, 2.75) is 39.3 Å². The van der Waals surface area contributed by atoms with Crippen LogP contribution < -0.4 is 0 Å². The van der Waals surface area contributed by atoms with Gasteiger partial charge in [-0.3, -0.25) is 0 Å². The Morgan fingerprint density at radius 3 is 2.73 bits per heavy atom. The van der Waals surface area contributed by atoms with Crippen molar-refractivity contribution < 1.29 is 19.4 Å². The third kappa shape index (κ3) is 5.19. The van der Waals surface area contributed by atoms with E-state index in [0.717, 1.165) is 6.19 Å². The van der Waals surface area contributed by atoms with E-state index in [9.17, 15) is 9.59 Å². The summed E-state index contributed by atoms with van der Waals surface area (Å²) in [6, 6.07) is 0.0962. The Balaban J connectivity index is 2.92. The normalized spacial score (nSPS) is 14.1. The van der Waals surface area contributed by atoms with E-state index in [4.69, 9.17) is 9.84 Å². The van der Waals surface area contributed by atoms with Gasteiger partial charge in [-0.05, 0) is 26.3 Å². The number of carboxylic acids is 1. The van der Waals surface area contributed by atoms with Crippen LogP contribution in [-0.4, -0.2) is 54.2 Å². The topological polar surface area (TPSA) is 79.7 Å². The Morgan fingerprint density at radius 1 is 1.59 bits per heavy atom. The predicted molar refractivity (Wildman–Crippen MR) is 87.0 cm³/mol. The van der Waals surface area contributed by atoms with Crippen molar-refractivity contribution in [2.75, 3.05) is 13.7 Å². The van der Waals surface area contributed by atoms with E-state index in [2.05, 4.69) is 18.8 Å². The first-order chi connectivity index (χ1) is 10.4. The molecule has 1 N–H and O–H groups in total. The smallest absolute Gasteiger partial charge is 0.355 e. The Labute approximate surface area is 135 Å². The maximum absolute atomic E-state index is 11.0. The number of carbonyl (C=O) groups excluding carboxylic acids is 1. The maximum Gasteiger partial charge on any atom is 0.355 e. The molecule has 0 bridgehead atoms. The maximum atomic E-state index is 11.0. The molecule has 121 valence electrons. The SMILES string of the molecule is CCO[C@H](C[C@H](C(C)C)N(C)[B]C=O)c1nc(C(=O)O)cs1. The fraction of sp³-hybridized carbons (Fsp3) is 0.643. The molecule has 0 aromatic carbocycles. The van der Waals surface area contributed by atoms with Crippen LogP contribution in [0.5, 0.6) is 0 Å². The van der Waals surface area contributed by atoms with E-state index in [-0.39, 0.29) is 17.8 Å². The minimum Gasteiger partial charge on any atom is -0.476 e. The number of hydrogen-bond acceptors (Lipinski definition) is 6. The molecule has 0 fully saturated rings. The van der Waals surface area contributed by atoms with Crippen LogP contribution in [0, 0.1) is 5.92 Å². The van der Waals surface area contributed by atoms with Crippen LogP contribution in [-0.2, 0) is 9.53 Å². The number of aromatic nitrogens is 1. The molecule has 6 nitrogen and oxygen atoms in total. The van der Waals surface area contributed by atoms with Crippen molar-refractivity contribution in [3.8, 4) is 0 Å². The van der Waals surface area contributed by atoms with E-state index in [0.29, 0.717) is 24.0 Å². The molecule has 1 rings (SSSR count). The summed E-state index contributed by atoms with van der Waals surface area (Å²) in [7, 11) is 3.35. The minimum atomic E-state index is -1.04. The number of carboxylic acid groups (broad SMARTS) is 1. The first kappa shape index (κ1) is 18.8. The van der Waals surface area contributed by atoms with Gasteiger partial charge in [0.05, 0.1) is 6.19 Å². The fourth-order valence-electron chi connectivity index (χ4n) is 2.31. The van der Waals surface area contributed by atoms with E-state index in [1.807, 2.05) is 18.8 Å². The molecule has 0 saturated carbocycles. The summed E-state index contributed by atoms with van der Waals surface area (Å²) in [4.78, 5) is 27.7. The monoisotopic (exact) mass is 325 g/mol. The van der Waals surface area contributed by atoms with Crippen LogP contribution in [0.4, 0.5) is 0 Å². The van der Waals surface area contributed by atoms with Gasteiger partial charge in [-0.1, -0.05) is 13.8 Å². The van der Waals surface area contributed by atoms with Gasteiger partial charge in [0.15, 0.2) is 5.69 Å². The summed E-state index contributed by atoms with van der Waals surface area (Å²) in [5.41, 5.74) is 0.0404. The zero-order valence-corrected chi connectivity index (χ0v) is 14.2. The molecule has 0 aliphatic rings. The van der Waals surface area contributed by atoms with Crippen LogP contribution in [0.2, 0.25) is 0 Å². The Morgan fingerprint density at radius 2 is 2.27 bits per heavy atom. The highest BCUT2D eigenvalue weighted by molar-refractivity contribution is 7.09. The highest BCUT2D eigenvalue weighted by Crippen LogP contribution is 2.29. The molecule has 1 aromatic heterocycles. The lowest BCUT2D eigenvalue weighted by Gasteiger charge is -2.32. The van der Waals surface area contributed by atoms with Crippen molar-refractivity contribution in [3.05, 3.63) is 16.1 Å². The molecule has 0 saturated heterocycles. The second kappa shape index (κ2) is 9.02. The molecule has 0 aliphatic carbocycles. The van der Waals surface area contributed by atoms with Crippen LogP contribution in [0.3, 0.4) is 0 Å². The van der Waals surface area contributed by atoms with Crippen molar-refractivity contribution >= 4 is 30.9 Å². The van der Waals surface area contributed by atoms with Gasteiger partial charge in [-0.2, -0.15) is 0 Å². The van der Waals surface area contributed by atoms with Crippen molar-refractivity contribution in [1.29, 1.82) is 0 Å². The second-order valence-corrected chi connectivity index (χ2v) is 6.21. The summed E-state index contributed by atoms with van der Waals surface area (Å²) in [5, 5.41) is 11.2. The van der Waals surface area contributed by atoms with Crippen molar-refractivity contribution in [3.63, 3.8) is 0 Å². The first-order valence-corrected chi connectivity index (χ1v) is 8.09. The van der Waals surface area contributed by atoms with Crippen LogP contribution in [0.15, 0.2) is 5.38 Å². The number of ether oxygens (including phenoxy) is 1. The van der Waals surface area contributed by atoms with E-state index in [1.165, 1.54) is 24.1 Å². The number of thiazole rings is 1. The van der Waals surface area contributed by atoms with Gasteiger partial charge < -0.3 is 19.4 Å². The molecular formula is C14H22BN2O4S. The number of aromatic carboxylic acids is 1. The van der Waals surface area contributed by atoms with Gasteiger partial charge >= 0.3 is 5.97 Å². The first-order valence-electron chi connectivity index (χ1n) is 7.21. The zero-order chi connectivity index (χ0) is 16.7. The molecule has 8 heteroatoms. The molecule has 1 aromatic rings. The van der Waals surface area contributed by atoms with Gasteiger partial charge in [0, 0.05) is 18.0 Å². The molecule has 0 unspecified atom stereocenters. The van der Waals surface area contributed by atoms with E-state index >= 15 is 0 Å². The minimum absolute atomic E-state index is 0.0404. The Hall–Kier alpha value is -1.25. The highest BCUT2D eigenvalue weighted by atomic mass is 32.1. The third-order valence-electron chi connectivity index (χ3n) is 3.43. The molecule has 0 amide bonds. The quantitative estimate of drug-likeness (QED) is 0.524. The van der Waals surface area contributed by atoms with Crippen molar-refractivity contribution in [2.24, 2.45) is 5.92 Å². The molecule has 0 aliphatic heterocycles. The van der Waals surface area contributed by atoms with E-state index in [1.54, 1.807) is 0 Å². The summed E-state index contributed by atoms with van der Waals surface area (Å²) >= 11 is 1.29. The largest absolute Gasteiger partial charge is 0.476 e. The summed E-state index contributed by atoms with van der Waals surface area (Å²) < 4.78 is 5.76. The van der Waals surface area contributed by atoms with Gasteiger partial charge in [-0.25, -0.2) is 9.78 Å². The van der Waals surface area contributed by atoms with Gasteiger partial charge in [-0.15, -0.1) is 11.3 Å². The summed E-state index contributed by atoms with van der Waals surface area (Å²) in [6.07, 6.45) is 1.12. The lowest BCUT2D eigenvalue weighted by molar-refractivity contribution is 0.0363. The summed E-state index contributed by atoms with van der Waals surface area (Å²) in [6.45, 7) is 6.56. The lowest BCUT2D eigenvalue weighted by Crippen LogP contribution is -2.40. The predicted octanol–water partition coefficient (Wildman–Crippen LogP) is 2.07. The van der Waals surface area contributed by atoms with E-state index < -0.39 is 5.97 Å². The van der Waals surface area contributed by atoms with Crippen LogP contribution >= 0.6 is 11.3 Å². The standard InChI is InChI=1S/C14H22BN2O4S/c1-5-21-12(13-16-10(7-22-13)14(19)20)6-11(9(2)3)17(4)15-8-18/h7-9,11-12H,5-6H2,1-4H3,(H,19,20)/t11-,12-/m1/s1. The summed E-state index contributed by atoms with van der Waals surface area (Å²) in [5.74, 6) is -0.729. The fourth-order valence-corrected chi connectivity index (χ4v) is 3.16. The Kier molecular flexibility index (Phi) is 7.71. The van der Waals surface area contributed by atoms with Crippen LogP contribution in [0.1, 0.15) is 48.8 Å². The number of rotatable bonds is 10. The van der Waals surface area contributed by atoms with Gasteiger partial charge in [0.2, 0.25) is 0 Å². The number of carbonyl (C=O) groups is 2. The average Bonchev–Trinajstić information content (AvgIpc) is 2.93. The zero-order valence-electron chi connectivity index (χ0n) is 13.4. The molecule has 2 atom stereocenters. The number of nitrogens with zero attached hydrogens (tertiary/aromatic N) is 2. The third-order valence-corrected chi connectivity index (χ3v) is 4.37. The highest BCUT2D eigenvalue weighted by Gasteiger charge is 2.27.